The Morgan fingerprint density at radius 1 is 1.07 bits per heavy atom. The molecule has 1 saturated heterocycles. The minimum Gasteiger partial charge on any atom is -0.497 e. The number of pyridine rings is 1. The van der Waals surface area contributed by atoms with Crippen molar-refractivity contribution in [3.8, 4) is 28.6 Å². The molecule has 10 nitrogen and oxygen atoms in total. The molecule has 4 aromatic rings. The number of nitrogens with zero attached hydrogens (tertiary/aromatic N) is 4. The van der Waals surface area contributed by atoms with Crippen LogP contribution in [0.15, 0.2) is 53.3 Å². The molecule has 0 radical (unpaired) electrons. The zero-order chi connectivity index (χ0) is 33.5. The number of benzene rings is 2. The fourth-order valence-corrected chi connectivity index (χ4v) is 5.06. The Morgan fingerprint density at radius 3 is 2.26 bits per heavy atom. The van der Waals surface area contributed by atoms with Crippen molar-refractivity contribution in [1.29, 1.82) is 0 Å². The Morgan fingerprint density at radius 2 is 1.72 bits per heavy atom. The van der Waals surface area contributed by atoms with Crippen molar-refractivity contribution in [2.45, 2.75) is 25.3 Å². The van der Waals surface area contributed by atoms with Gasteiger partial charge in [0.15, 0.2) is 5.82 Å². The lowest BCUT2D eigenvalue weighted by molar-refractivity contribution is -0.137. The van der Waals surface area contributed by atoms with Gasteiger partial charge in [0, 0.05) is 37.8 Å². The molecule has 17 heteroatoms. The number of amides is 1. The highest BCUT2D eigenvalue weighted by atomic mass is 19.4. The molecule has 1 amide bonds. The van der Waals surface area contributed by atoms with E-state index in [0.29, 0.717) is 21.9 Å². The van der Waals surface area contributed by atoms with E-state index >= 15 is 8.78 Å². The minimum absolute atomic E-state index is 0.0206. The van der Waals surface area contributed by atoms with E-state index in [2.05, 4.69) is 15.0 Å². The van der Waals surface area contributed by atoms with Crippen molar-refractivity contribution in [1.82, 2.24) is 14.3 Å². The molecule has 0 unspecified atom stereocenters. The summed E-state index contributed by atoms with van der Waals surface area (Å²) < 4.78 is 109. The zero-order valence-corrected chi connectivity index (χ0v) is 23.9. The first-order valence-corrected chi connectivity index (χ1v) is 13.4. The van der Waals surface area contributed by atoms with Gasteiger partial charge >= 0.3 is 12.8 Å². The molecule has 1 aliphatic heterocycles. The van der Waals surface area contributed by atoms with E-state index in [4.69, 9.17) is 4.74 Å². The molecule has 2 aromatic carbocycles. The fourth-order valence-electron chi connectivity index (χ4n) is 5.06. The normalized spacial score (nSPS) is 15.0. The van der Waals surface area contributed by atoms with E-state index in [1.807, 2.05) is 0 Å². The molecule has 1 fully saturated rings. The van der Waals surface area contributed by atoms with Gasteiger partial charge < -0.3 is 24.8 Å². The summed E-state index contributed by atoms with van der Waals surface area (Å²) in [7, 11) is 2.18. The maximum atomic E-state index is 15.4. The SMILES string of the molecule is COc1cc(F)c(-c2c(NC(=O)c3ccc(OC(F)F)cc3)c(=O)n(-c3nc(N4CC[C@H](O)C4)ccc3C(F)(F)F)n2C)c(F)c1. The van der Waals surface area contributed by atoms with Crippen molar-refractivity contribution < 1.29 is 50.1 Å². The number of rotatable bonds is 8. The Balaban J connectivity index is 1.72. The van der Waals surface area contributed by atoms with Gasteiger partial charge in [-0.2, -0.15) is 26.6 Å². The number of ether oxygens (including phenoxy) is 2. The van der Waals surface area contributed by atoms with Crippen LogP contribution in [0.1, 0.15) is 22.3 Å². The number of carbonyl (C=O) groups excluding carboxylic acids is 1. The van der Waals surface area contributed by atoms with Gasteiger partial charge in [-0.15, -0.1) is 0 Å². The van der Waals surface area contributed by atoms with Gasteiger partial charge in [-0.1, -0.05) is 0 Å². The number of alkyl halides is 5. The number of halogens is 7. The lowest BCUT2D eigenvalue weighted by atomic mass is 10.1. The summed E-state index contributed by atoms with van der Waals surface area (Å²) in [6, 6.07) is 7.44. The number of β-amino-alcohol motifs (C(OH)–C–C–N with tert-alkyl or cyclic N) is 1. The predicted octanol–water partition coefficient (Wildman–Crippen LogP) is 4.97. The Bertz CT molecular complexity index is 1820. The number of aliphatic hydroxyl groups excluding tert-OH is 1. The topological polar surface area (TPSA) is 111 Å². The van der Waals surface area contributed by atoms with Gasteiger partial charge in [0.1, 0.15) is 45.9 Å². The summed E-state index contributed by atoms with van der Waals surface area (Å²) in [6.07, 6.45) is -5.51. The molecule has 2 aromatic heterocycles. The molecule has 244 valence electrons. The summed E-state index contributed by atoms with van der Waals surface area (Å²) in [6.45, 7) is -2.85. The summed E-state index contributed by atoms with van der Waals surface area (Å²) in [5.41, 5.74) is -5.31. The van der Waals surface area contributed by atoms with Gasteiger partial charge in [0.2, 0.25) is 0 Å². The summed E-state index contributed by atoms with van der Waals surface area (Å²) in [5.74, 6) is -5.17. The quantitative estimate of drug-likeness (QED) is 0.258. The molecular weight excluding hydrogens is 631 g/mol. The zero-order valence-electron chi connectivity index (χ0n) is 23.9. The number of nitrogens with one attached hydrogen (secondary N) is 1. The number of methoxy groups -OCH3 is 1. The van der Waals surface area contributed by atoms with Crippen molar-refractivity contribution in [3.63, 3.8) is 0 Å². The largest absolute Gasteiger partial charge is 0.497 e. The van der Waals surface area contributed by atoms with Crippen LogP contribution in [0.3, 0.4) is 0 Å². The van der Waals surface area contributed by atoms with Crippen LogP contribution in [-0.2, 0) is 13.2 Å². The van der Waals surface area contributed by atoms with Crippen LogP contribution in [0.4, 0.5) is 42.2 Å². The van der Waals surface area contributed by atoms with Gasteiger partial charge in [0.05, 0.1) is 18.8 Å². The second-order valence-corrected chi connectivity index (χ2v) is 10.1. The molecule has 0 aliphatic carbocycles. The number of anilines is 2. The molecule has 46 heavy (non-hydrogen) atoms. The first kappa shape index (κ1) is 32.3. The molecule has 2 N–H and O–H groups in total. The Hall–Kier alpha value is -5.06. The average molecular weight is 656 g/mol. The number of carbonyl (C=O) groups is 1. The molecule has 1 atom stereocenters. The molecule has 1 aliphatic rings. The number of aliphatic hydroxyl groups is 1. The van der Waals surface area contributed by atoms with Crippen LogP contribution in [0.2, 0.25) is 0 Å². The first-order chi connectivity index (χ1) is 21.7. The number of aromatic nitrogens is 3. The summed E-state index contributed by atoms with van der Waals surface area (Å²) >= 11 is 0. The molecule has 3 heterocycles. The molecule has 0 bridgehead atoms. The predicted molar refractivity (Wildman–Crippen MR) is 150 cm³/mol. The number of hydrogen-bond acceptors (Lipinski definition) is 7. The fraction of sp³-hybridized carbons (Fsp3) is 0.276. The van der Waals surface area contributed by atoms with E-state index in [1.54, 1.807) is 0 Å². The maximum Gasteiger partial charge on any atom is 0.420 e. The van der Waals surface area contributed by atoms with Crippen LogP contribution < -0.4 is 25.2 Å². The third-order valence-electron chi connectivity index (χ3n) is 7.19. The van der Waals surface area contributed by atoms with Gasteiger partial charge in [-0.05, 0) is 42.8 Å². The van der Waals surface area contributed by atoms with Gasteiger partial charge in [0.25, 0.3) is 11.5 Å². The Kier molecular flexibility index (Phi) is 8.70. The minimum atomic E-state index is -5.06. The third-order valence-corrected chi connectivity index (χ3v) is 7.19. The van der Waals surface area contributed by atoms with Gasteiger partial charge in [-0.25, -0.2) is 13.8 Å². The van der Waals surface area contributed by atoms with E-state index < -0.39 is 70.3 Å². The lowest BCUT2D eigenvalue weighted by Gasteiger charge is -2.21. The molecule has 0 saturated carbocycles. The maximum absolute atomic E-state index is 15.4. The first-order valence-electron chi connectivity index (χ1n) is 13.4. The van der Waals surface area contributed by atoms with Crippen LogP contribution in [-0.4, -0.2) is 58.3 Å². The van der Waals surface area contributed by atoms with E-state index in [0.717, 1.165) is 56.6 Å². The summed E-state index contributed by atoms with van der Waals surface area (Å²) in [5, 5.41) is 12.1. The van der Waals surface area contributed by atoms with Crippen LogP contribution in [0.5, 0.6) is 11.5 Å². The highest BCUT2D eigenvalue weighted by Crippen LogP contribution is 2.38. The van der Waals surface area contributed by atoms with E-state index in [-0.39, 0.29) is 36.0 Å². The smallest absolute Gasteiger partial charge is 0.420 e. The van der Waals surface area contributed by atoms with Crippen molar-refractivity contribution in [2.24, 2.45) is 7.05 Å². The number of hydrogen-bond donors (Lipinski definition) is 2. The second-order valence-electron chi connectivity index (χ2n) is 10.1. The third kappa shape index (κ3) is 6.22. The molecular formula is C29H24F7N5O5. The molecule has 5 rings (SSSR count). The highest BCUT2D eigenvalue weighted by molar-refractivity contribution is 6.06. The average Bonchev–Trinajstić information content (AvgIpc) is 3.52. The van der Waals surface area contributed by atoms with Crippen LogP contribution in [0.25, 0.3) is 17.1 Å². The van der Waals surface area contributed by atoms with Crippen LogP contribution in [0, 0.1) is 11.6 Å². The van der Waals surface area contributed by atoms with E-state index in [9.17, 15) is 36.6 Å². The van der Waals surface area contributed by atoms with Crippen molar-refractivity contribution >= 4 is 17.4 Å². The Labute approximate surface area is 255 Å². The van der Waals surface area contributed by atoms with Gasteiger partial charge in [-0.3, -0.25) is 14.3 Å². The second kappa shape index (κ2) is 12.4. The van der Waals surface area contributed by atoms with Crippen molar-refractivity contribution in [3.05, 3.63) is 81.6 Å². The van der Waals surface area contributed by atoms with Crippen molar-refractivity contribution in [2.75, 3.05) is 30.4 Å². The van der Waals surface area contributed by atoms with Crippen LogP contribution >= 0.6 is 0 Å². The highest BCUT2D eigenvalue weighted by Gasteiger charge is 2.38. The van der Waals surface area contributed by atoms with E-state index in [1.165, 1.54) is 4.90 Å². The lowest BCUT2D eigenvalue weighted by Crippen LogP contribution is -2.28. The summed E-state index contributed by atoms with van der Waals surface area (Å²) in [4.78, 5) is 32.7. The standard InChI is InChI=1S/C29H24F7N5O5/c1-39-24(22-19(30)11-17(45-2)12-20(22)31)23(38-26(43)14-3-5-16(6-4-14)46-28(32)33)27(44)41(39)25-18(29(34,35)36)7-8-21(37-25)40-10-9-15(42)13-40/h3-8,11-12,15,28,42H,9-10,13H2,1-2H3,(H,38,43)/t15-/m0/s1. The monoisotopic (exact) mass is 655 g/mol. The molecule has 0 spiro atoms.